The third kappa shape index (κ3) is 5.44. The number of rotatable bonds is 6. The van der Waals surface area contributed by atoms with E-state index in [1.165, 1.54) is 0 Å². The molecule has 11 heavy (non-hydrogen) atoms. The lowest BCUT2D eigenvalue weighted by molar-refractivity contribution is -0.161. The summed E-state index contributed by atoms with van der Waals surface area (Å²) in [5.74, 6) is 0. The highest BCUT2D eigenvalue weighted by atomic mass is 35.5. The third-order valence-corrected chi connectivity index (χ3v) is 1.58. The van der Waals surface area contributed by atoms with Crippen LogP contribution < -0.4 is 0 Å². The quantitative estimate of drug-likeness (QED) is 0.458. The molecule has 0 aromatic carbocycles. The summed E-state index contributed by atoms with van der Waals surface area (Å²) in [6.07, 6.45) is 0. The average molecular weight is 182 g/mol. The molecule has 0 saturated heterocycles. The number of nitrogens with zero attached hydrogens (tertiary/aromatic N) is 1. The molecule has 0 amide bonds. The molecule has 68 valence electrons. The fourth-order valence-electron chi connectivity index (χ4n) is 0.690. The number of halogens is 1. The van der Waals surface area contributed by atoms with E-state index in [0.29, 0.717) is 13.2 Å². The van der Waals surface area contributed by atoms with Crippen LogP contribution in [0.3, 0.4) is 0 Å². The minimum Gasteiger partial charge on any atom is -0.364 e. The standard InChI is InChI=1S/C7H16ClNO2/c1-4-9(11-5-2)6-7(8)10-3/h7H,4-6H2,1-3H3. The molecule has 0 spiro atoms. The van der Waals surface area contributed by atoms with Crippen LogP contribution in [-0.2, 0) is 9.57 Å². The summed E-state index contributed by atoms with van der Waals surface area (Å²) in [7, 11) is 1.58. The SMILES string of the molecule is CCON(CC)CC(Cl)OC. The van der Waals surface area contributed by atoms with E-state index in [0.717, 1.165) is 6.54 Å². The lowest BCUT2D eigenvalue weighted by Crippen LogP contribution is -2.30. The minimum absolute atomic E-state index is 0.290. The first-order chi connectivity index (χ1) is 5.24. The molecule has 1 atom stereocenters. The molecule has 0 aliphatic rings. The molecule has 0 aliphatic heterocycles. The van der Waals surface area contributed by atoms with Crippen molar-refractivity contribution in [1.82, 2.24) is 5.06 Å². The van der Waals surface area contributed by atoms with Crippen molar-refractivity contribution in [2.75, 3.05) is 26.8 Å². The monoisotopic (exact) mass is 181 g/mol. The van der Waals surface area contributed by atoms with E-state index in [1.807, 2.05) is 13.8 Å². The highest BCUT2D eigenvalue weighted by Crippen LogP contribution is 2.00. The van der Waals surface area contributed by atoms with Gasteiger partial charge in [-0.05, 0) is 6.92 Å². The Morgan fingerprint density at radius 3 is 2.45 bits per heavy atom. The Balaban J connectivity index is 3.49. The van der Waals surface area contributed by atoms with Crippen LogP contribution in [-0.4, -0.2) is 37.4 Å². The Bertz CT molecular complexity index is 92.5. The second kappa shape index (κ2) is 6.85. The predicted molar refractivity (Wildman–Crippen MR) is 45.5 cm³/mol. The van der Waals surface area contributed by atoms with Gasteiger partial charge in [-0.15, -0.1) is 0 Å². The first-order valence-electron chi connectivity index (χ1n) is 3.79. The first kappa shape index (κ1) is 11.2. The predicted octanol–water partition coefficient (Wildman–Crippen LogP) is 1.47. The molecule has 0 fully saturated rings. The van der Waals surface area contributed by atoms with E-state index < -0.39 is 0 Å². The normalized spacial score (nSPS) is 13.9. The molecule has 0 saturated carbocycles. The summed E-state index contributed by atoms with van der Waals surface area (Å²) in [5.41, 5.74) is -0.290. The molecule has 0 N–H and O–H groups in total. The van der Waals surface area contributed by atoms with Gasteiger partial charge in [-0.1, -0.05) is 18.5 Å². The first-order valence-corrected chi connectivity index (χ1v) is 4.22. The molecule has 0 bridgehead atoms. The number of ether oxygens (including phenoxy) is 1. The Morgan fingerprint density at radius 2 is 2.09 bits per heavy atom. The second-order valence-electron chi connectivity index (χ2n) is 2.04. The van der Waals surface area contributed by atoms with Crippen LogP contribution in [0.15, 0.2) is 0 Å². The van der Waals surface area contributed by atoms with Gasteiger partial charge in [-0.25, -0.2) is 0 Å². The molecule has 0 aromatic heterocycles. The third-order valence-electron chi connectivity index (χ3n) is 1.27. The van der Waals surface area contributed by atoms with E-state index >= 15 is 0 Å². The van der Waals surface area contributed by atoms with Crippen LogP contribution in [0.1, 0.15) is 13.8 Å². The van der Waals surface area contributed by atoms with Gasteiger partial charge in [0.05, 0.1) is 13.2 Å². The second-order valence-corrected chi connectivity index (χ2v) is 2.53. The Kier molecular flexibility index (Phi) is 6.96. The zero-order chi connectivity index (χ0) is 8.69. The van der Waals surface area contributed by atoms with Crippen molar-refractivity contribution in [1.29, 1.82) is 0 Å². The van der Waals surface area contributed by atoms with Gasteiger partial charge in [0, 0.05) is 13.7 Å². The Morgan fingerprint density at radius 1 is 1.45 bits per heavy atom. The summed E-state index contributed by atoms with van der Waals surface area (Å²) >= 11 is 5.73. The van der Waals surface area contributed by atoms with Gasteiger partial charge in [-0.3, -0.25) is 4.84 Å². The van der Waals surface area contributed by atoms with Gasteiger partial charge in [0.15, 0.2) is 0 Å². The van der Waals surface area contributed by atoms with Crippen molar-refractivity contribution in [2.45, 2.75) is 19.4 Å². The van der Waals surface area contributed by atoms with Crippen molar-refractivity contribution in [3.63, 3.8) is 0 Å². The van der Waals surface area contributed by atoms with Crippen molar-refractivity contribution in [2.24, 2.45) is 0 Å². The smallest absolute Gasteiger partial charge is 0.145 e. The van der Waals surface area contributed by atoms with Crippen LogP contribution in [0.4, 0.5) is 0 Å². The van der Waals surface area contributed by atoms with Gasteiger partial charge >= 0.3 is 0 Å². The Hall–Kier alpha value is 0.170. The summed E-state index contributed by atoms with van der Waals surface area (Å²) < 4.78 is 4.87. The van der Waals surface area contributed by atoms with Crippen LogP contribution in [0, 0.1) is 0 Å². The van der Waals surface area contributed by atoms with Crippen molar-refractivity contribution < 1.29 is 9.57 Å². The van der Waals surface area contributed by atoms with Gasteiger partial charge in [0.2, 0.25) is 0 Å². The topological polar surface area (TPSA) is 21.7 Å². The lowest BCUT2D eigenvalue weighted by atomic mass is 10.6. The van der Waals surface area contributed by atoms with E-state index in [-0.39, 0.29) is 5.56 Å². The van der Waals surface area contributed by atoms with Gasteiger partial charge in [0.25, 0.3) is 0 Å². The zero-order valence-corrected chi connectivity index (χ0v) is 8.10. The molecule has 0 aliphatic carbocycles. The molecular formula is C7H16ClNO2. The van der Waals surface area contributed by atoms with Crippen molar-refractivity contribution in [3.05, 3.63) is 0 Å². The molecule has 0 radical (unpaired) electrons. The summed E-state index contributed by atoms with van der Waals surface area (Å²) in [6.45, 7) is 6.04. The largest absolute Gasteiger partial charge is 0.364 e. The molecule has 0 rings (SSSR count). The maximum absolute atomic E-state index is 5.73. The molecule has 1 unspecified atom stereocenters. The number of likely N-dealkylation sites (N-methyl/N-ethyl adjacent to an activating group) is 1. The summed E-state index contributed by atoms with van der Waals surface area (Å²) in [4.78, 5) is 5.23. The number of hydrogen-bond acceptors (Lipinski definition) is 3. The lowest BCUT2D eigenvalue weighted by Gasteiger charge is -2.20. The van der Waals surface area contributed by atoms with E-state index in [4.69, 9.17) is 21.2 Å². The van der Waals surface area contributed by atoms with Gasteiger partial charge in [0.1, 0.15) is 5.56 Å². The fourth-order valence-corrected chi connectivity index (χ4v) is 0.844. The van der Waals surface area contributed by atoms with Crippen LogP contribution in [0.2, 0.25) is 0 Å². The highest BCUT2D eigenvalue weighted by Gasteiger charge is 2.08. The van der Waals surface area contributed by atoms with Gasteiger partial charge < -0.3 is 4.74 Å². The number of methoxy groups -OCH3 is 1. The highest BCUT2D eigenvalue weighted by molar-refractivity contribution is 6.19. The average Bonchev–Trinajstić information content (AvgIpc) is 2.03. The zero-order valence-electron chi connectivity index (χ0n) is 7.34. The van der Waals surface area contributed by atoms with Crippen molar-refractivity contribution >= 4 is 11.6 Å². The molecule has 0 heterocycles. The molecular weight excluding hydrogens is 166 g/mol. The number of hydroxylamine groups is 2. The van der Waals surface area contributed by atoms with Crippen LogP contribution in [0.5, 0.6) is 0 Å². The maximum atomic E-state index is 5.73. The number of hydrogen-bond donors (Lipinski definition) is 0. The molecule has 3 nitrogen and oxygen atoms in total. The molecule has 0 aromatic rings. The summed E-state index contributed by atoms with van der Waals surface area (Å²) in [5, 5.41) is 1.78. The van der Waals surface area contributed by atoms with E-state index in [9.17, 15) is 0 Å². The van der Waals surface area contributed by atoms with E-state index in [2.05, 4.69) is 0 Å². The van der Waals surface area contributed by atoms with E-state index in [1.54, 1.807) is 12.2 Å². The molecule has 4 heteroatoms. The Labute approximate surface area is 73.2 Å². The maximum Gasteiger partial charge on any atom is 0.145 e. The van der Waals surface area contributed by atoms with Crippen LogP contribution >= 0.6 is 11.6 Å². The van der Waals surface area contributed by atoms with Crippen LogP contribution in [0.25, 0.3) is 0 Å². The minimum atomic E-state index is -0.290. The summed E-state index contributed by atoms with van der Waals surface area (Å²) in [6, 6.07) is 0. The van der Waals surface area contributed by atoms with Gasteiger partial charge in [-0.2, -0.15) is 5.06 Å². The van der Waals surface area contributed by atoms with Crippen molar-refractivity contribution in [3.8, 4) is 0 Å². The number of alkyl halides is 1. The fraction of sp³-hybridized carbons (Fsp3) is 1.00.